The van der Waals surface area contributed by atoms with Gasteiger partial charge in [0, 0.05) is 0 Å². The molecule has 0 saturated carbocycles. The average molecular weight is 482 g/mol. The van der Waals surface area contributed by atoms with Crippen LogP contribution in [-0.4, -0.2) is 18.3 Å². The number of alkyl halides is 6. The molecule has 0 fully saturated rings. The van der Waals surface area contributed by atoms with Crippen LogP contribution in [-0.2, 0) is 16.5 Å². The summed E-state index contributed by atoms with van der Waals surface area (Å²) < 4.78 is 126. The van der Waals surface area contributed by atoms with Crippen molar-refractivity contribution >= 4 is 26.6 Å². The van der Waals surface area contributed by atoms with E-state index in [1.807, 2.05) is 0 Å². The van der Waals surface area contributed by atoms with Crippen molar-refractivity contribution in [2.45, 2.75) is 24.9 Å². The zero-order valence-corrected chi connectivity index (χ0v) is 13.2. The van der Waals surface area contributed by atoms with E-state index in [1.165, 1.54) is 0 Å². The monoisotopic (exact) mass is 482 g/mol. The van der Waals surface area contributed by atoms with Gasteiger partial charge in [-0.2, -0.15) is 0 Å². The molecule has 0 amide bonds. The molecule has 0 N–H and O–H groups in total. The molecule has 1 heterocycles. The van der Waals surface area contributed by atoms with E-state index in [-0.39, 0.29) is 0 Å². The maximum absolute atomic E-state index is 13.8. The second-order valence-corrected chi connectivity index (χ2v) is 7.59. The van der Waals surface area contributed by atoms with E-state index < -0.39 is 77.2 Å². The molecule has 0 atom stereocenters. The number of carbonyl (C=O) groups is 1. The number of carbonyl (C=O) groups excluding carboxylic acids is 1. The Balaban J connectivity index is 2.88. The van der Waals surface area contributed by atoms with Crippen LogP contribution in [0.2, 0.25) is 0 Å². The molecule has 1 aliphatic heterocycles. The van der Waals surface area contributed by atoms with Crippen molar-refractivity contribution in [3.63, 3.8) is 0 Å². The Kier molecular flexibility index (Phi) is 4.48. The van der Waals surface area contributed by atoms with Gasteiger partial charge in [0.05, 0.1) is 0 Å². The molecule has 1 aromatic carbocycles. The first-order chi connectivity index (χ1) is 10.7. The predicted molar refractivity (Wildman–Crippen MR) is 65.7 cm³/mol. The number of benzene rings is 1. The molecule has 13 heteroatoms. The summed E-state index contributed by atoms with van der Waals surface area (Å²) in [6.07, 6.45) is -12.4. The van der Waals surface area contributed by atoms with Crippen LogP contribution in [0.25, 0.3) is 0 Å². The van der Waals surface area contributed by atoms with Gasteiger partial charge < -0.3 is 0 Å². The van der Waals surface area contributed by atoms with Crippen molar-refractivity contribution < 1.29 is 50.4 Å². The summed E-state index contributed by atoms with van der Waals surface area (Å²) in [5.41, 5.74) is -7.13. The molecule has 0 spiro atoms. The fraction of sp³-hybridized carbons (Fsp3) is 0.364. The number of halogens is 10. The van der Waals surface area contributed by atoms with Gasteiger partial charge in [-0.15, -0.1) is 0 Å². The molecular weight excluding hydrogens is 478 g/mol. The molecule has 0 bridgehead atoms. The average Bonchev–Trinajstić information content (AvgIpc) is 2.69. The van der Waals surface area contributed by atoms with E-state index in [9.17, 15) is 44.3 Å². The normalized spacial score (nSPS) is 18.5. The topological polar surface area (TPSA) is 35.5 Å². The van der Waals surface area contributed by atoms with E-state index in [0.29, 0.717) is 6.92 Å². The van der Waals surface area contributed by atoms with Crippen molar-refractivity contribution in [3.05, 3.63) is 32.7 Å². The summed E-state index contributed by atoms with van der Waals surface area (Å²) in [5, 5.41) is 0. The fourth-order valence-electron chi connectivity index (χ4n) is 1.87. The standard InChI is InChI=1S/C11H4F9IO3/c1-3(22)23-21-8-4(2-5(12)6(13)7(8)14)9(24-21,10(15,16)17)11(18,19)20/h2H,1H3. The van der Waals surface area contributed by atoms with Gasteiger partial charge in [-0.1, -0.05) is 0 Å². The van der Waals surface area contributed by atoms with Crippen LogP contribution < -0.4 is 0 Å². The van der Waals surface area contributed by atoms with E-state index in [0.717, 1.165) is 0 Å². The van der Waals surface area contributed by atoms with E-state index in [4.69, 9.17) is 0 Å². The van der Waals surface area contributed by atoms with Gasteiger partial charge in [0.15, 0.2) is 0 Å². The molecule has 3 nitrogen and oxygen atoms in total. The molecular formula is C11H4F9IO3. The van der Waals surface area contributed by atoms with Gasteiger partial charge in [0.25, 0.3) is 0 Å². The summed E-state index contributed by atoms with van der Waals surface area (Å²) >= 11 is -4.73. The quantitative estimate of drug-likeness (QED) is 0.256. The Labute approximate surface area is 135 Å². The molecule has 0 aliphatic carbocycles. The molecule has 1 aliphatic rings. The van der Waals surface area contributed by atoms with Crippen LogP contribution in [0.4, 0.5) is 39.5 Å². The maximum atomic E-state index is 13.8. The van der Waals surface area contributed by atoms with Crippen LogP contribution in [0, 0.1) is 21.0 Å². The fourth-order valence-corrected chi connectivity index (χ4v) is 5.94. The number of rotatable bonds is 1. The van der Waals surface area contributed by atoms with Crippen molar-refractivity contribution in [2.75, 3.05) is 0 Å². The minimum absolute atomic E-state index is 0.449. The van der Waals surface area contributed by atoms with Crippen LogP contribution in [0.3, 0.4) is 0 Å². The summed E-state index contributed by atoms with van der Waals surface area (Å²) in [7, 11) is 0. The van der Waals surface area contributed by atoms with Crippen molar-refractivity contribution in [3.8, 4) is 0 Å². The molecule has 2 rings (SSSR count). The van der Waals surface area contributed by atoms with Gasteiger partial charge in [-0.25, -0.2) is 0 Å². The second-order valence-electron chi connectivity index (χ2n) is 4.39. The number of hydrogen-bond donors (Lipinski definition) is 0. The molecule has 0 aromatic heterocycles. The molecule has 136 valence electrons. The molecule has 0 radical (unpaired) electrons. The molecule has 0 saturated heterocycles. The zero-order chi connectivity index (χ0) is 18.7. The Morgan fingerprint density at radius 3 is 2.00 bits per heavy atom. The molecule has 24 heavy (non-hydrogen) atoms. The van der Waals surface area contributed by atoms with Gasteiger partial charge in [0.2, 0.25) is 0 Å². The SMILES string of the molecule is CC(=O)OI1OC(C(F)(F)F)(C(F)(F)F)c2cc(F)c(F)c(F)c21. The van der Waals surface area contributed by atoms with Crippen molar-refractivity contribution in [2.24, 2.45) is 0 Å². The van der Waals surface area contributed by atoms with Gasteiger partial charge in [-0.3, -0.25) is 0 Å². The van der Waals surface area contributed by atoms with Gasteiger partial charge in [0.1, 0.15) is 0 Å². The van der Waals surface area contributed by atoms with Crippen LogP contribution in [0.5, 0.6) is 0 Å². The van der Waals surface area contributed by atoms with Crippen LogP contribution >= 0.6 is 20.6 Å². The summed E-state index contributed by atoms with van der Waals surface area (Å²) in [6.45, 7) is 0.624. The van der Waals surface area contributed by atoms with E-state index >= 15 is 0 Å². The van der Waals surface area contributed by atoms with E-state index in [2.05, 4.69) is 6.13 Å². The summed E-state index contributed by atoms with van der Waals surface area (Å²) in [6, 6.07) is -0.449. The third-order valence-electron chi connectivity index (χ3n) is 2.80. The Hall–Kier alpha value is -1.25. The zero-order valence-electron chi connectivity index (χ0n) is 11.1. The number of fused-ring (bicyclic) bond motifs is 1. The summed E-state index contributed by atoms with van der Waals surface area (Å²) in [5.74, 6) is -8.25. The van der Waals surface area contributed by atoms with Gasteiger partial charge in [-0.05, 0) is 0 Å². The third kappa shape index (κ3) is 2.60. The Morgan fingerprint density at radius 1 is 1.08 bits per heavy atom. The molecule has 1 aromatic rings. The Morgan fingerprint density at radius 2 is 1.58 bits per heavy atom. The first-order valence-corrected chi connectivity index (χ1v) is 8.48. The minimum atomic E-state index is -6.21. The van der Waals surface area contributed by atoms with E-state index in [1.54, 1.807) is 0 Å². The summed E-state index contributed by atoms with van der Waals surface area (Å²) in [4.78, 5) is 10.9. The first-order valence-electron chi connectivity index (χ1n) is 5.64. The molecule has 0 unspecified atom stereocenters. The predicted octanol–water partition coefficient (Wildman–Crippen LogP) is 4.52. The van der Waals surface area contributed by atoms with Crippen LogP contribution in [0.1, 0.15) is 12.5 Å². The van der Waals surface area contributed by atoms with Gasteiger partial charge >= 0.3 is 135 Å². The number of hydrogen-bond acceptors (Lipinski definition) is 3. The first kappa shape index (κ1) is 19.1. The van der Waals surface area contributed by atoms with Crippen molar-refractivity contribution in [1.29, 1.82) is 0 Å². The second kappa shape index (κ2) is 5.64. The third-order valence-corrected chi connectivity index (χ3v) is 6.82. The van der Waals surface area contributed by atoms with Crippen molar-refractivity contribution in [1.82, 2.24) is 0 Å². The Bertz CT molecular complexity index is 683. The van der Waals surface area contributed by atoms with Crippen LogP contribution in [0.15, 0.2) is 6.07 Å².